The van der Waals surface area contributed by atoms with Crippen LogP contribution in [0.25, 0.3) is 11.0 Å². The number of imidazole rings is 1. The van der Waals surface area contributed by atoms with Gasteiger partial charge in [-0.05, 0) is 12.1 Å². The molecule has 7 heteroatoms. The number of nitrogens with zero attached hydrogens (tertiary/aromatic N) is 4. The number of fused-ring (bicyclic) bond motifs is 1. The van der Waals surface area contributed by atoms with Gasteiger partial charge in [-0.2, -0.15) is 5.10 Å². The van der Waals surface area contributed by atoms with Crippen LogP contribution >= 0.6 is 0 Å². The normalized spacial score (nSPS) is 10.7. The molecule has 7 nitrogen and oxygen atoms in total. The first-order chi connectivity index (χ1) is 8.72. The molecule has 0 fully saturated rings. The number of H-pyrrole nitrogens is 1. The summed E-state index contributed by atoms with van der Waals surface area (Å²) in [6.07, 6.45) is 5.00. The van der Waals surface area contributed by atoms with Crippen LogP contribution in [0.3, 0.4) is 0 Å². The molecule has 0 saturated heterocycles. The summed E-state index contributed by atoms with van der Waals surface area (Å²) in [5, 5.41) is 6.66. The van der Waals surface area contributed by atoms with Gasteiger partial charge in [0.15, 0.2) is 5.69 Å². The van der Waals surface area contributed by atoms with E-state index in [1.165, 1.54) is 0 Å². The molecule has 3 aromatic heterocycles. The fraction of sp³-hybridized carbons (Fsp3) is 0.0909. The van der Waals surface area contributed by atoms with E-state index in [0.29, 0.717) is 11.6 Å². The van der Waals surface area contributed by atoms with Crippen molar-refractivity contribution in [2.45, 2.75) is 0 Å². The standard InChI is InChI=1S/C11H10N6O/c1-17-5-3-8(16-17)10(18)15-11-13-7-2-4-12-6-9(7)14-11/h2-6H,1H3,(H2,13,14,15,18). The molecule has 0 aromatic carbocycles. The molecule has 0 atom stereocenters. The molecule has 3 rings (SSSR count). The van der Waals surface area contributed by atoms with Crippen molar-refractivity contribution in [2.75, 3.05) is 5.32 Å². The van der Waals surface area contributed by atoms with E-state index in [0.717, 1.165) is 11.0 Å². The average Bonchev–Trinajstić information content (AvgIpc) is 2.94. The van der Waals surface area contributed by atoms with Crippen LogP contribution in [0.4, 0.5) is 5.95 Å². The van der Waals surface area contributed by atoms with Crippen LogP contribution in [0, 0.1) is 0 Å². The van der Waals surface area contributed by atoms with Gasteiger partial charge in [-0.1, -0.05) is 0 Å². The van der Waals surface area contributed by atoms with Crippen LogP contribution in [-0.4, -0.2) is 30.6 Å². The Labute approximate surface area is 102 Å². The number of aromatic nitrogens is 5. The average molecular weight is 242 g/mol. The highest BCUT2D eigenvalue weighted by molar-refractivity contribution is 6.02. The van der Waals surface area contributed by atoms with Crippen LogP contribution in [0.5, 0.6) is 0 Å². The Hall–Kier alpha value is -2.70. The van der Waals surface area contributed by atoms with Crippen LogP contribution in [0.15, 0.2) is 30.7 Å². The van der Waals surface area contributed by atoms with Gasteiger partial charge in [0, 0.05) is 19.4 Å². The van der Waals surface area contributed by atoms with Crippen molar-refractivity contribution in [2.24, 2.45) is 7.05 Å². The molecule has 1 amide bonds. The molecule has 0 aliphatic carbocycles. The molecule has 90 valence electrons. The van der Waals surface area contributed by atoms with Crippen molar-refractivity contribution in [1.82, 2.24) is 24.7 Å². The van der Waals surface area contributed by atoms with E-state index in [4.69, 9.17) is 0 Å². The zero-order valence-electron chi connectivity index (χ0n) is 9.58. The molecule has 3 heterocycles. The Morgan fingerprint density at radius 2 is 2.33 bits per heavy atom. The molecule has 0 unspecified atom stereocenters. The summed E-state index contributed by atoms with van der Waals surface area (Å²) in [4.78, 5) is 23.0. The maximum atomic E-state index is 11.8. The lowest BCUT2D eigenvalue weighted by Crippen LogP contribution is -2.13. The van der Waals surface area contributed by atoms with Gasteiger partial charge >= 0.3 is 0 Å². The Kier molecular flexibility index (Phi) is 2.30. The van der Waals surface area contributed by atoms with Crippen LogP contribution < -0.4 is 5.32 Å². The third kappa shape index (κ3) is 1.81. The summed E-state index contributed by atoms with van der Waals surface area (Å²) in [5.74, 6) is 0.0799. The molecule has 0 spiro atoms. The molecule has 0 aliphatic heterocycles. The van der Waals surface area contributed by atoms with Gasteiger partial charge < -0.3 is 4.98 Å². The van der Waals surface area contributed by atoms with E-state index in [-0.39, 0.29) is 5.91 Å². The zero-order valence-corrected chi connectivity index (χ0v) is 9.58. The van der Waals surface area contributed by atoms with E-state index in [1.54, 1.807) is 42.5 Å². The van der Waals surface area contributed by atoms with Gasteiger partial charge in [0.25, 0.3) is 5.91 Å². The van der Waals surface area contributed by atoms with Crippen LogP contribution in [-0.2, 0) is 7.05 Å². The number of hydrogen-bond donors (Lipinski definition) is 2. The molecular formula is C11H10N6O. The van der Waals surface area contributed by atoms with E-state index in [9.17, 15) is 4.79 Å². The van der Waals surface area contributed by atoms with Crippen molar-refractivity contribution in [3.05, 3.63) is 36.4 Å². The smallest absolute Gasteiger partial charge is 0.278 e. The highest BCUT2D eigenvalue weighted by Gasteiger charge is 2.11. The molecule has 18 heavy (non-hydrogen) atoms. The maximum Gasteiger partial charge on any atom is 0.278 e. The highest BCUT2D eigenvalue weighted by Crippen LogP contribution is 2.12. The minimum absolute atomic E-state index is 0.303. The topological polar surface area (TPSA) is 88.5 Å². The number of hydrogen-bond acceptors (Lipinski definition) is 4. The molecule has 0 aliphatic rings. The molecular weight excluding hydrogens is 232 g/mol. The summed E-state index contributed by atoms with van der Waals surface area (Å²) >= 11 is 0. The quantitative estimate of drug-likeness (QED) is 0.700. The van der Waals surface area contributed by atoms with E-state index < -0.39 is 0 Å². The predicted molar refractivity (Wildman–Crippen MR) is 65.0 cm³/mol. The third-order valence-corrected chi connectivity index (χ3v) is 2.46. The first kappa shape index (κ1) is 10.5. The Morgan fingerprint density at radius 3 is 3.06 bits per heavy atom. The number of aromatic amines is 1. The van der Waals surface area contributed by atoms with Crippen molar-refractivity contribution >= 4 is 22.9 Å². The summed E-state index contributed by atoms with van der Waals surface area (Å²) in [5.41, 5.74) is 1.87. The number of nitrogens with one attached hydrogen (secondary N) is 2. The third-order valence-electron chi connectivity index (χ3n) is 2.46. The van der Waals surface area contributed by atoms with Crippen molar-refractivity contribution in [1.29, 1.82) is 0 Å². The van der Waals surface area contributed by atoms with Gasteiger partial charge in [-0.15, -0.1) is 0 Å². The lowest BCUT2D eigenvalue weighted by atomic mass is 10.4. The minimum atomic E-state index is -0.303. The monoisotopic (exact) mass is 242 g/mol. The van der Waals surface area contributed by atoms with E-state index in [2.05, 4.69) is 25.4 Å². The summed E-state index contributed by atoms with van der Waals surface area (Å²) in [7, 11) is 1.75. The summed E-state index contributed by atoms with van der Waals surface area (Å²) in [6, 6.07) is 3.40. The Bertz CT molecular complexity index is 680. The number of carbonyl (C=O) groups excluding carboxylic acids is 1. The van der Waals surface area contributed by atoms with Gasteiger partial charge in [-0.25, -0.2) is 4.98 Å². The molecule has 0 saturated carbocycles. The van der Waals surface area contributed by atoms with Crippen molar-refractivity contribution in [3.63, 3.8) is 0 Å². The number of anilines is 1. The summed E-state index contributed by atoms with van der Waals surface area (Å²) in [6.45, 7) is 0. The fourth-order valence-electron chi connectivity index (χ4n) is 1.62. The van der Waals surface area contributed by atoms with Gasteiger partial charge in [0.1, 0.15) is 0 Å². The first-order valence-electron chi connectivity index (χ1n) is 5.33. The first-order valence-corrected chi connectivity index (χ1v) is 5.33. The zero-order chi connectivity index (χ0) is 12.5. The maximum absolute atomic E-state index is 11.8. The van der Waals surface area contributed by atoms with Crippen LogP contribution in [0.2, 0.25) is 0 Å². The number of rotatable bonds is 2. The number of carbonyl (C=O) groups is 1. The minimum Gasteiger partial charge on any atom is -0.323 e. The predicted octanol–water partition coefficient (Wildman–Crippen LogP) is 0.944. The number of aryl methyl sites for hydroxylation is 1. The highest BCUT2D eigenvalue weighted by atomic mass is 16.2. The second-order valence-electron chi connectivity index (χ2n) is 3.81. The largest absolute Gasteiger partial charge is 0.323 e. The SMILES string of the molecule is Cn1ccc(C(=O)Nc2nc3ccncc3[nH]2)n1. The number of pyridine rings is 1. The lowest BCUT2D eigenvalue weighted by molar-refractivity contribution is 0.102. The van der Waals surface area contributed by atoms with Crippen molar-refractivity contribution in [3.8, 4) is 0 Å². The van der Waals surface area contributed by atoms with Crippen LogP contribution in [0.1, 0.15) is 10.5 Å². The van der Waals surface area contributed by atoms with Gasteiger partial charge in [-0.3, -0.25) is 19.8 Å². The Balaban J connectivity index is 1.86. The van der Waals surface area contributed by atoms with Gasteiger partial charge in [0.05, 0.1) is 17.2 Å². The second-order valence-corrected chi connectivity index (χ2v) is 3.81. The summed E-state index contributed by atoms with van der Waals surface area (Å²) < 4.78 is 1.57. The van der Waals surface area contributed by atoms with Crippen molar-refractivity contribution < 1.29 is 4.79 Å². The van der Waals surface area contributed by atoms with Gasteiger partial charge in [0.2, 0.25) is 5.95 Å². The van der Waals surface area contributed by atoms with E-state index in [1.807, 2.05) is 0 Å². The molecule has 2 N–H and O–H groups in total. The molecule has 0 bridgehead atoms. The fourth-order valence-corrected chi connectivity index (χ4v) is 1.62. The second kappa shape index (κ2) is 3.95. The number of amides is 1. The molecule has 3 aromatic rings. The molecule has 0 radical (unpaired) electrons. The Morgan fingerprint density at radius 1 is 1.44 bits per heavy atom. The lowest BCUT2D eigenvalue weighted by Gasteiger charge is -1.97. The van der Waals surface area contributed by atoms with E-state index >= 15 is 0 Å².